The van der Waals surface area contributed by atoms with Crippen LogP contribution in [0.15, 0.2) is 12.1 Å². The molecule has 0 saturated carbocycles. The highest BCUT2D eigenvalue weighted by Crippen LogP contribution is 2.40. The molecule has 4 rings (SSSR count). The number of nitrogens with one attached hydrogen (secondary N) is 1. The summed E-state index contributed by atoms with van der Waals surface area (Å²) in [6.07, 6.45) is 6.16. The van der Waals surface area contributed by atoms with E-state index in [2.05, 4.69) is 22.4 Å². The normalized spacial score (nSPS) is 19.2. The maximum absolute atomic E-state index is 8.89. The van der Waals surface area contributed by atoms with Gasteiger partial charge in [-0.1, -0.05) is 0 Å². The molecule has 1 atom stereocenters. The molecule has 6 nitrogen and oxygen atoms in total. The van der Waals surface area contributed by atoms with Crippen LogP contribution in [0.4, 0.5) is 5.69 Å². The van der Waals surface area contributed by atoms with Gasteiger partial charge in [0.25, 0.3) is 0 Å². The molecule has 0 amide bonds. The molecule has 2 aromatic rings. The summed E-state index contributed by atoms with van der Waals surface area (Å²) in [5.74, 6) is 1.45. The smallest absolute Gasteiger partial charge is 0.162 e. The van der Waals surface area contributed by atoms with Crippen molar-refractivity contribution in [1.29, 1.82) is 5.26 Å². The van der Waals surface area contributed by atoms with Crippen LogP contribution < -0.4 is 14.8 Å². The Morgan fingerprint density at radius 3 is 2.82 bits per heavy atom. The largest absolute Gasteiger partial charge is 0.493 e. The van der Waals surface area contributed by atoms with Crippen LogP contribution in [0.3, 0.4) is 0 Å². The molecule has 1 aromatic carbocycles. The minimum atomic E-state index is 0.385. The minimum Gasteiger partial charge on any atom is -0.493 e. The van der Waals surface area contributed by atoms with E-state index in [0.717, 1.165) is 68.4 Å². The van der Waals surface area contributed by atoms with Gasteiger partial charge in [0.1, 0.15) is 0 Å². The first-order valence-corrected chi connectivity index (χ1v) is 10.2. The lowest BCUT2D eigenvalue weighted by atomic mass is 10.0. The maximum atomic E-state index is 8.89. The molecule has 1 aromatic heterocycles. The van der Waals surface area contributed by atoms with Crippen molar-refractivity contribution < 1.29 is 9.47 Å². The predicted octanol–water partition coefficient (Wildman–Crippen LogP) is 3.53. The number of anilines is 1. The fraction of sp³-hybridized carbons (Fsp3) is 0.545. The van der Waals surface area contributed by atoms with Gasteiger partial charge in [-0.2, -0.15) is 5.26 Å². The van der Waals surface area contributed by atoms with Crippen molar-refractivity contribution in [3.63, 3.8) is 0 Å². The second kappa shape index (κ2) is 8.24. The molecule has 2 aliphatic rings. The Hall–Kier alpha value is -2.52. The van der Waals surface area contributed by atoms with E-state index in [1.807, 2.05) is 6.07 Å². The van der Waals surface area contributed by atoms with E-state index in [1.54, 1.807) is 14.2 Å². The molecule has 1 saturated heterocycles. The first kappa shape index (κ1) is 18.8. The van der Waals surface area contributed by atoms with Gasteiger partial charge in [-0.05, 0) is 50.3 Å². The number of aromatic nitrogens is 1. The number of rotatable bonds is 6. The number of piperidine rings is 1. The third-order valence-corrected chi connectivity index (χ3v) is 5.91. The number of ether oxygens (including phenoxy) is 2. The van der Waals surface area contributed by atoms with Crippen LogP contribution >= 0.6 is 0 Å². The van der Waals surface area contributed by atoms with E-state index in [1.165, 1.54) is 16.9 Å². The number of methoxy groups -OCH3 is 2. The number of benzene rings is 1. The molecule has 1 aliphatic carbocycles. The predicted molar refractivity (Wildman–Crippen MR) is 110 cm³/mol. The molecule has 1 fully saturated rings. The van der Waals surface area contributed by atoms with E-state index in [4.69, 9.17) is 19.7 Å². The molecule has 0 radical (unpaired) electrons. The van der Waals surface area contributed by atoms with E-state index >= 15 is 0 Å². The topological polar surface area (TPSA) is 70.4 Å². The van der Waals surface area contributed by atoms with Crippen LogP contribution in [0.5, 0.6) is 11.5 Å². The van der Waals surface area contributed by atoms with E-state index in [-0.39, 0.29) is 0 Å². The van der Waals surface area contributed by atoms with Crippen molar-refractivity contribution in [2.75, 3.05) is 39.2 Å². The van der Waals surface area contributed by atoms with Crippen molar-refractivity contribution in [3.8, 4) is 17.6 Å². The molecule has 1 aliphatic heterocycles. The summed E-state index contributed by atoms with van der Waals surface area (Å²) in [5.41, 5.74) is 4.73. The number of fused-ring (bicyclic) bond motifs is 2. The molecule has 0 spiro atoms. The molecule has 0 unspecified atom stereocenters. The summed E-state index contributed by atoms with van der Waals surface area (Å²) in [6, 6.07) is 6.69. The lowest BCUT2D eigenvalue weighted by Gasteiger charge is -2.34. The van der Waals surface area contributed by atoms with Crippen LogP contribution in [-0.2, 0) is 12.8 Å². The number of hydrogen-bond donors (Lipinski definition) is 1. The summed E-state index contributed by atoms with van der Waals surface area (Å²) in [7, 11) is 3.33. The molecule has 6 heteroatoms. The molecule has 1 N–H and O–H groups in total. The summed E-state index contributed by atoms with van der Waals surface area (Å²) in [4.78, 5) is 7.33. The summed E-state index contributed by atoms with van der Waals surface area (Å²) in [5, 5.41) is 13.9. The second-order valence-corrected chi connectivity index (χ2v) is 7.68. The maximum Gasteiger partial charge on any atom is 0.162 e. The van der Waals surface area contributed by atoms with Crippen molar-refractivity contribution in [2.24, 2.45) is 0 Å². The van der Waals surface area contributed by atoms with Gasteiger partial charge in [0, 0.05) is 48.4 Å². The van der Waals surface area contributed by atoms with E-state index in [9.17, 15) is 0 Å². The van der Waals surface area contributed by atoms with Crippen molar-refractivity contribution in [3.05, 3.63) is 23.4 Å². The molecule has 28 heavy (non-hydrogen) atoms. The Bertz CT molecular complexity index is 906. The van der Waals surface area contributed by atoms with Gasteiger partial charge in [-0.15, -0.1) is 0 Å². The highest BCUT2D eigenvalue weighted by atomic mass is 16.5. The first-order valence-electron chi connectivity index (χ1n) is 10.2. The zero-order chi connectivity index (χ0) is 19.5. The second-order valence-electron chi connectivity index (χ2n) is 7.68. The number of pyridine rings is 1. The van der Waals surface area contributed by atoms with Crippen LogP contribution in [0, 0.1) is 11.3 Å². The van der Waals surface area contributed by atoms with Gasteiger partial charge >= 0.3 is 0 Å². The number of hydrogen-bond acceptors (Lipinski definition) is 6. The number of likely N-dealkylation sites (tertiary alicyclic amines) is 1. The zero-order valence-electron chi connectivity index (χ0n) is 16.8. The number of nitrogens with zero attached hydrogens (tertiary/aromatic N) is 3. The monoisotopic (exact) mass is 380 g/mol. The summed E-state index contributed by atoms with van der Waals surface area (Å²) < 4.78 is 11.0. The summed E-state index contributed by atoms with van der Waals surface area (Å²) in [6.45, 7) is 2.92. The van der Waals surface area contributed by atoms with Crippen molar-refractivity contribution >= 4 is 16.6 Å². The quantitative estimate of drug-likeness (QED) is 0.827. The van der Waals surface area contributed by atoms with Gasteiger partial charge in [0.05, 0.1) is 25.8 Å². The third kappa shape index (κ3) is 3.59. The highest BCUT2D eigenvalue weighted by Gasteiger charge is 2.25. The molecule has 148 valence electrons. The Kier molecular flexibility index (Phi) is 5.54. The standard InChI is InChI=1S/C22H28N4O2/c1-27-20-12-17-19(13-21(20)28-2)25-18-8-3-7-16(18)22(17)24-15-6-4-10-26(14-15)11-5-9-23/h12-13,15H,3-8,10-11,14H2,1-2H3,(H,24,25)/t15-/m0/s1. The average molecular weight is 380 g/mol. The summed E-state index contributed by atoms with van der Waals surface area (Å²) >= 11 is 0. The number of aryl methyl sites for hydroxylation is 1. The van der Waals surface area contributed by atoms with Crippen LogP contribution in [0.1, 0.15) is 36.9 Å². The Labute approximate surface area is 166 Å². The molecule has 2 heterocycles. The van der Waals surface area contributed by atoms with Crippen LogP contribution in [-0.4, -0.2) is 49.8 Å². The van der Waals surface area contributed by atoms with Crippen LogP contribution in [0.25, 0.3) is 10.9 Å². The molecular formula is C22H28N4O2. The lowest BCUT2D eigenvalue weighted by molar-refractivity contribution is 0.221. The van der Waals surface area contributed by atoms with Crippen LogP contribution in [0.2, 0.25) is 0 Å². The fourth-order valence-corrected chi connectivity index (χ4v) is 4.54. The van der Waals surface area contributed by atoms with E-state index < -0.39 is 0 Å². The Balaban J connectivity index is 1.70. The van der Waals surface area contributed by atoms with Crippen molar-refractivity contribution in [1.82, 2.24) is 9.88 Å². The van der Waals surface area contributed by atoms with Gasteiger partial charge in [0.2, 0.25) is 0 Å². The first-order chi connectivity index (χ1) is 13.7. The van der Waals surface area contributed by atoms with Gasteiger partial charge in [-0.25, -0.2) is 0 Å². The molecular weight excluding hydrogens is 352 g/mol. The number of nitriles is 1. The SMILES string of the molecule is COc1cc2nc3c(c(N[C@H]4CCCN(CCC#N)C4)c2cc1OC)CCC3. The highest BCUT2D eigenvalue weighted by molar-refractivity contribution is 5.96. The van der Waals surface area contributed by atoms with Crippen molar-refractivity contribution in [2.45, 2.75) is 44.6 Å². The van der Waals surface area contributed by atoms with Gasteiger partial charge < -0.3 is 19.7 Å². The van der Waals surface area contributed by atoms with Gasteiger partial charge in [0.15, 0.2) is 11.5 Å². The fourth-order valence-electron chi connectivity index (χ4n) is 4.54. The van der Waals surface area contributed by atoms with E-state index in [0.29, 0.717) is 18.2 Å². The molecule has 0 bridgehead atoms. The lowest BCUT2D eigenvalue weighted by Crippen LogP contribution is -2.42. The third-order valence-electron chi connectivity index (χ3n) is 5.91. The Morgan fingerprint density at radius 1 is 1.21 bits per heavy atom. The zero-order valence-corrected chi connectivity index (χ0v) is 16.8. The minimum absolute atomic E-state index is 0.385. The average Bonchev–Trinajstić information content (AvgIpc) is 3.19. The van der Waals surface area contributed by atoms with Gasteiger partial charge in [-0.3, -0.25) is 4.98 Å². The Morgan fingerprint density at radius 2 is 2.04 bits per heavy atom.